The number of fused-ring (bicyclic) bond motifs is 2. The molecule has 2 aliphatic rings. The lowest BCUT2D eigenvalue weighted by atomic mass is 9.83. The lowest BCUT2D eigenvalue weighted by Crippen LogP contribution is -2.44. The van der Waals surface area contributed by atoms with Crippen molar-refractivity contribution >= 4 is 11.7 Å². The summed E-state index contributed by atoms with van der Waals surface area (Å²) in [4.78, 5) is 12.3. The first-order valence-corrected chi connectivity index (χ1v) is 8.52. The highest BCUT2D eigenvalue weighted by Crippen LogP contribution is 2.40. The van der Waals surface area contributed by atoms with Crippen LogP contribution in [-0.4, -0.2) is 17.7 Å². The van der Waals surface area contributed by atoms with E-state index in [4.69, 9.17) is 4.74 Å². The fraction of sp³-hybridized carbons (Fsp3) is 0.250. The molecule has 0 fully saturated rings. The second-order valence-corrected chi connectivity index (χ2v) is 6.25. The standard InChI is InChI=1S/C20H20N2O3/c1-2-25-17-11-13(8-10-16(17)23)18-15-9-7-12-5-3-4-6-14(12)19(15)22-20(24)21-18/h3-6,8,10-11,18,23H,2,7,9H2,1H3,(H2,21,22,24). The summed E-state index contributed by atoms with van der Waals surface area (Å²) in [6.45, 7) is 2.34. The van der Waals surface area contributed by atoms with Crippen LogP contribution in [-0.2, 0) is 6.42 Å². The Kier molecular flexibility index (Phi) is 3.84. The van der Waals surface area contributed by atoms with Crippen LogP contribution in [0.3, 0.4) is 0 Å². The molecule has 2 aromatic carbocycles. The van der Waals surface area contributed by atoms with Crippen molar-refractivity contribution in [1.29, 1.82) is 0 Å². The summed E-state index contributed by atoms with van der Waals surface area (Å²) in [6.07, 6.45) is 1.81. The first-order valence-electron chi connectivity index (χ1n) is 8.52. The fourth-order valence-corrected chi connectivity index (χ4v) is 3.62. The zero-order valence-electron chi connectivity index (χ0n) is 14.0. The van der Waals surface area contributed by atoms with Gasteiger partial charge in [-0.15, -0.1) is 0 Å². The number of phenolic OH excluding ortho intramolecular Hbond substituents is 1. The van der Waals surface area contributed by atoms with Crippen LogP contribution in [0.25, 0.3) is 5.70 Å². The summed E-state index contributed by atoms with van der Waals surface area (Å²) in [5.41, 5.74) is 5.31. The Bertz CT molecular complexity index is 873. The molecule has 0 radical (unpaired) electrons. The van der Waals surface area contributed by atoms with E-state index in [-0.39, 0.29) is 17.8 Å². The smallest absolute Gasteiger partial charge is 0.319 e. The molecular formula is C20H20N2O3. The predicted molar refractivity (Wildman–Crippen MR) is 95.4 cm³/mol. The van der Waals surface area contributed by atoms with Gasteiger partial charge in [-0.3, -0.25) is 0 Å². The Hall–Kier alpha value is -2.95. The van der Waals surface area contributed by atoms with Gasteiger partial charge in [0.15, 0.2) is 11.5 Å². The average Bonchev–Trinajstić information content (AvgIpc) is 2.63. The zero-order chi connectivity index (χ0) is 17.4. The normalized spacial score (nSPS) is 18.8. The number of aromatic hydroxyl groups is 1. The van der Waals surface area contributed by atoms with Crippen molar-refractivity contribution in [2.75, 3.05) is 6.61 Å². The molecule has 4 rings (SSSR count). The molecule has 5 heteroatoms. The molecule has 2 amide bonds. The molecule has 1 atom stereocenters. The van der Waals surface area contributed by atoms with Crippen molar-refractivity contribution in [2.24, 2.45) is 0 Å². The first-order chi connectivity index (χ1) is 12.2. The minimum absolute atomic E-state index is 0.106. The average molecular weight is 336 g/mol. The van der Waals surface area contributed by atoms with Gasteiger partial charge in [0.1, 0.15) is 0 Å². The van der Waals surface area contributed by atoms with Crippen LogP contribution in [0.15, 0.2) is 48.0 Å². The molecular weight excluding hydrogens is 316 g/mol. The SMILES string of the molecule is CCOc1cc(C2NC(=O)NC3=C2CCc2ccccc23)ccc1O. The van der Waals surface area contributed by atoms with Crippen LogP contribution in [0.4, 0.5) is 4.79 Å². The van der Waals surface area contributed by atoms with Crippen LogP contribution in [0, 0.1) is 0 Å². The number of rotatable bonds is 3. The molecule has 0 spiro atoms. The molecule has 1 aliphatic heterocycles. The maximum atomic E-state index is 12.3. The molecule has 0 saturated carbocycles. The van der Waals surface area contributed by atoms with Gasteiger partial charge in [0.25, 0.3) is 0 Å². The zero-order valence-corrected chi connectivity index (χ0v) is 14.0. The van der Waals surface area contributed by atoms with Gasteiger partial charge < -0.3 is 20.5 Å². The highest BCUT2D eigenvalue weighted by molar-refractivity contribution is 5.91. The Morgan fingerprint density at radius 2 is 2.04 bits per heavy atom. The molecule has 3 N–H and O–H groups in total. The molecule has 1 aliphatic carbocycles. The van der Waals surface area contributed by atoms with Gasteiger partial charge >= 0.3 is 6.03 Å². The van der Waals surface area contributed by atoms with Crippen LogP contribution < -0.4 is 15.4 Å². The molecule has 1 heterocycles. The number of phenols is 1. The summed E-state index contributed by atoms with van der Waals surface area (Å²) >= 11 is 0. The number of aryl methyl sites for hydroxylation is 1. The van der Waals surface area contributed by atoms with Gasteiger partial charge in [-0.25, -0.2) is 4.79 Å². The van der Waals surface area contributed by atoms with E-state index in [1.165, 1.54) is 5.56 Å². The highest BCUT2D eigenvalue weighted by Gasteiger charge is 2.32. The highest BCUT2D eigenvalue weighted by atomic mass is 16.5. The van der Waals surface area contributed by atoms with Crippen molar-refractivity contribution in [3.63, 3.8) is 0 Å². The second kappa shape index (κ2) is 6.16. The van der Waals surface area contributed by atoms with Crippen LogP contribution in [0.1, 0.15) is 36.1 Å². The number of hydrogen-bond donors (Lipinski definition) is 3. The lowest BCUT2D eigenvalue weighted by molar-refractivity contribution is 0.240. The van der Waals surface area contributed by atoms with Gasteiger partial charge in [0.05, 0.1) is 18.3 Å². The van der Waals surface area contributed by atoms with Crippen molar-refractivity contribution < 1.29 is 14.6 Å². The Balaban J connectivity index is 1.80. The second-order valence-electron chi connectivity index (χ2n) is 6.25. The Morgan fingerprint density at radius 1 is 1.20 bits per heavy atom. The van der Waals surface area contributed by atoms with Crippen LogP contribution >= 0.6 is 0 Å². The third kappa shape index (κ3) is 2.71. The van der Waals surface area contributed by atoms with E-state index in [0.29, 0.717) is 12.4 Å². The minimum atomic E-state index is -0.225. The molecule has 2 aromatic rings. The fourth-order valence-electron chi connectivity index (χ4n) is 3.62. The van der Waals surface area contributed by atoms with Crippen molar-refractivity contribution in [2.45, 2.75) is 25.8 Å². The third-order valence-corrected chi connectivity index (χ3v) is 4.75. The number of hydrogen-bond acceptors (Lipinski definition) is 3. The molecule has 25 heavy (non-hydrogen) atoms. The van der Waals surface area contributed by atoms with Crippen molar-refractivity contribution in [3.8, 4) is 11.5 Å². The van der Waals surface area contributed by atoms with Crippen LogP contribution in [0.2, 0.25) is 0 Å². The van der Waals surface area contributed by atoms with E-state index in [1.807, 2.05) is 25.1 Å². The molecule has 0 aromatic heterocycles. The van der Waals surface area contributed by atoms with E-state index in [1.54, 1.807) is 12.1 Å². The van der Waals surface area contributed by atoms with Crippen molar-refractivity contribution in [3.05, 3.63) is 64.7 Å². The molecule has 0 saturated heterocycles. The number of ether oxygens (including phenoxy) is 1. The molecule has 1 unspecified atom stereocenters. The Morgan fingerprint density at radius 3 is 2.88 bits per heavy atom. The van der Waals surface area contributed by atoms with E-state index in [9.17, 15) is 9.90 Å². The monoisotopic (exact) mass is 336 g/mol. The summed E-state index contributed by atoms with van der Waals surface area (Å²) in [6, 6.07) is 13.0. The van der Waals surface area contributed by atoms with Gasteiger partial charge in [-0.2, -0.15) is 0 Å². The number of benzene rings is 2. The molecule has 5 nitrogen and oxygen atoms in total. The van der Waals surface area contributed by atoms with Gasteiger partial charge in [-0.05, 0) is 48.6 Å². The van der Waals surface area contributed by atoms with Crippen LogP contribution in [0.5, 0.6) is 11.5 Å². The third-order valence-electron chi connectivity index (χ3n) is 4.75. The van der Waals surface area contributed by atoms with Gasteiger partial charge in [0.2, 0.25) is 0 Å². The molecule has 128 valence electrons. The number of amides is 2. The summed E-state index contributed by atoms with van der Waals surface area (Å²) in [7, 11) is 0. The van der Waals surface area contributed by atoms with Gasteiger partial charge in [-0.1, -0.05) is 30.3 Å². The molecule has 0 bridgehead atoms. The number of urea groups is 1. The Labute approximate surface area is 146 Å². The maximum Gasteiger partial charge on any atom is 0.319 e. The van der Waals surface area contributed by atoms with Crippen molar-refractivity contribution in [1.82, 2.24) is 10.6 Å². The summed E-state index contributed by atoms with van der Waals surface area (Å²) in [5.74, 6) is 0.542. The number of carbonyl (C=O) groups excluding carboxylic acids is 1. The van der Waals surface area contributed by atoms with Gasteiger partial charge in [0, 0.05) is 5.56 Å². The number of nitrogens with one attached hydrogen (secondary N) is 2. The number of carbonyl (C=O) groups is 1. The summed E-state index contributed by atoms with van der Waals surface area (Å²) < 4.78 is 5.49. The van der Waals surface area contributed by atoms with E-state index in [0.717, 1.165) is 35.2 Å². The van der Waals surface area contributed by atoms with E-state index in [2.05, 4.69) is 22.8 Å². The predicted octanol–water partition coefficient (Wildman–Crippen LogP) is 3.50. The summed E-state index contributed by atoms with van der Waals surface area (Å²) in [5, 5.41) is 15.9. The maximum absolute atomic E-state index is 12.3. The topological polar surface area (TPSA) is 70.6 Å². The minimum Gasteiger partial charge on any atom is -0.504 e. The first kappa shape index (κ1) is 15.6. The quantitative estimate of drug-likeness (QED) is 0.803. The lowest BCUT2D eigenvalue weighted by Gasteiger charge is -2.34. The van der Waals surface area contributed by atoms with E-state index < -0.39 is 0 Å². The van der Waals surface area contributed by atoms with E-state index >= 15 is 0 Å². The largest absolute Gasteiger partial charge is 0.504 e.